The van der Waals surface area contributed by atoms with E-state index in [1.807, 2.05) is 6.92 Å². The van der Waals surface area contributed by atoms with Crippen molar-refractivity contribution in [3.8, 4) is 0 Å². The second kappa shape index (κ2) is 7.70. The number of carboxylic acid groups (broad SMARTS) is 1. The minimum Gasteiger partial charge on any atom is -0.480 e. The summed E-state index contributed by atoms with van der Waals surface area (Å²) in [5.74, 6) is -1.60. The zero-order chi connectivity index (χ0) is 22.3. The van der Waals surface area contributed by atoms with Crippen molar-refractivity contribution in [3.63, 3.8) is 0 Å². The molecule has 2 N–H and O–H groups in total. The van der Waals surface area contributed by atoms with E-state index in [1.54, 1.807) is 49.5 Å². The number of aromatic amines is 1. The van der Waals surface area contributed by atoms with E-state index in [2.05, 4.69) is 4.98 Å². The van der Waals surface area contributed by atoms with Crippen molar-refractivity contribution >= 4 is 26.7 Å². The molecule has 1 unspecified atom stereocenters. The van der Waals surface area contributed by atoms with Gasteiger partial charge in [-0.3, -0.25) is 4.79 Å². The maximum absolute atomic E-state index is 14.2. The van der Waals surface area contributed by atoms with Gasteiger partial charge >= 0.3 is 5.97 Å². The smallest absolute Gasteiger partial charge is 0.323 e. The van der Waals surface area contributed by atoms with E-state index >= 15 is 0 Å². The Balaban J connectivity index is 2.06. The van der Waals surface area contributed by atoms with Gasteiger partial charge < -0.3 is 14.7 Å². The standard InChI is InChI=1S/C23H21FN2O4S/c1-14-5-8-17(9-6-14)31(29,30)23(19-4-3-11-25-19)22-15(2)26(13-21(27)28)20-10-7-16(24)12-18(20)22/h3-12,23,25H,13H2,1-2H3,(H,27,28). The predicted octanol–water partition coefficient (Wildman–Crippen LogP) is 4.37. The number of sulfone groups is 1. The number of halogens is 1. The Hall–Kier alpha value is -3.39. The molecule has 4 rings (SSSR count). The third-order valence-electron chi connectivity index (χ3n) is 5.45. The number of aryl methyl sites for hydroxylation is 1. The lowest BCUT2D eigenvalue weighted by Crippen LogP contribution is -2.17. The molecule has 0 fully saturated rings. The fourth-order valence-electron chi connectivity index (χ4n) is 4.00. The van der Waals surface area contributed by atoms with Gasteiger partial charge in [-0.15, -0.1) is 0 Å². The molecule has 8 heteroatoms. The number of nitrogens with zero attached hydrogens (tertiary/aromatic N) is 1. The first-order valence-corrected chi connectivity index (χ1v) is 11.2. The number of H-pyrrole nitrogens is 1. The maximum atomic E-state index is 14.2. The van der Waals surface area contributed by atoms with Crippen LogP contribution in [-0.4, -0.2) is 29.0 Å². The summed E-state index contributed by atoms with van der Waals surface area (Å²) in [5, 5.41) is 8.59. The minimum atomic E-state index is -3.95. The lowest BCUT2D eigenvalue weighted by atomic mass is 10.1. The van der Waals surface area contributed by atoms with Gasteiger partial charge in [-0.2, -0.15) is 0 Å². The van der Waals surface area contributed by atoms with Crippen molar-refractivity contribution in [2.75, 3.05) is 0 Å². The summed E-state index contributed by atoms with van der Waals surface area (Å²) < 4.78 is 43.3. The highest BCUT2D eigenvalue weighted by Gasteiger charge is 2.36. The molecule has 0 saturated carbocycles. The molecule has 0 bridgehead atoms. The van der Waals surface area contributed by atoms with E-state index < -0.39 is 26.9 Å². The molecule has 160 valence electrons. The van der Waals surface area contributed by atoms with E-state index in [4.69, 9.17) is 0 Å². The number of carbonyl (C=O) groups is 1. The highest BCUT2D eigenvalue weighted by Crippen LogP contribution is 2.41. The SMILES string of the molecule is Cc1ccc(S(=O)(=O)C(c2ccc[nH]2)c2c(C)n(CC(=O)O)c3ccc(F)cc23)cc1. The predicted molar refractivity (Wildman–Crippen MR) is 115 cm³/mol. The Morgan fingerprint density at radius 1 is 1.13 bits per heavy atom. The molecule has 2 heterocycles. The number of fused-ring (bicyclic) bond motifs is 1. The summed E-state index contributed by atoms with van der Waals surface area (Å²) in [4.78, 5) is 14.6. The van der Waals surface area contributed by atoms with Crippen molar-refractivity contribution in [2.24, 2.45) is 0 Å². The first kappa shape index (κ1) is 20.9. The van der Waals surface area contributed by atoms with Crippen LogP contribution >= 0.6 is 0 Å². The van der Waals surface area contributed by atoms with Crippen LogP contribution in [0.15, 0.2) is 65.7 Å². The molecule has 0 aliphatic carbocycles. The monoisotopic (exact) mass is 440 g/mol. The van der Waals surface area contributed by atoms with E-state index in [0.29, 0.717) is 27.9 Å². The van der Waals surface area contributed by atoms with E-state index in [1.165, 1.54) is 22.8 Å². The first-order chi connectivity index (χ1) is 14.7. The Morgan fingerprint density at radius 3 is 2.45 bits per heavy atom. The quantitative estimate of drug-likeness (QED) is 0.466. The second-order valence-corrected chi connectivity index (χ2v) is 9.54. The van der Waals surface area contributed by atoms with Crippen molar-refractivity contribution in [1.82, 2.24) is 9.55 Å². The summed E-state index contributed by atoms with van der Waals surface area (Å²) in [6.45, 7) is 3.16. The molecule has 0 amide bonds. The van der Waals surface area contributed by atoms with Gasteiger partial charge in [0.2, 0.25) is 0 Å². The van der Waals surface area contributed by atoms with Gasteiger partial charge in [-0.25, -0.2) is 12.8 Å². The highest BCUT2D eigenvalue weighted by molar-refractivity contribution is 7.92. The zero-order valence-electron chi connectivity index (χ0n) is 17.0. The van der Waals surface area contributed by atoms with Crippen LogP contribution in [0.2, 0.25) is 0 Å². The molecule has 31 heavy (non-hydrogen) atoms. The van der Waals surface area contributed by atoms with Crippen molar-refractivity contribution < 1.29 is 22.7 Å². The Kier molecular flexibility index (Phi) is 5.18. The van der Waals surface area contributed by atoms with Crippen LogP contribution in [0, 0.1) is 19.7 Å². The largest absolute Gasteiger partial charge is 0.480 e. The van der Waals surface area contributed by atoms with Gasteiger partial charge in [0.05, 0.1) is 4.90 Å². The summed E-state index contributed by atoms with van der Waals surface area (Å²) in [6, 6.07) is 13.9. The Morgan fingerprint density at radius 2 is 1.84 bits per heavy atom. The molecular weight excluding hydrogens is 419 g/mol. The number of rotatable bonds is 6. The lowest BCUT2D eigenvalue weighted by molar-refractivity contribution is -0.137. The van der Waals surface area contributed by atoms with Gasteiger partial charge in [0, 0.05) is 34.1 Å². The number of carboxylic acids is 1. The van der Waals surface area contributed by atoms with Gasteiger partial charge in [0.15, 0.2) is 9.84 Å². The number of hydrogen-bond donors (Lipinski definition) is 2. The number of aromatic nitrogens is 2. The van der Waals surface area contributed by atoms with E-state index in [-0.39, 0.29) is 11.4 Å². The normalized spacial score (nSPS) is 12.9. The van der Waals surface area contributed by atoms with Crippen LogP contribution in [0.1, 0.15) is 27.8 Å². The molecule has 0 saturated heterocycles. The Bertz CT molecular complexity index is 1370. The minimum absolute atomic E-state index is 0.132. The van der Waals surface area contributed by atoms with E-state index in [0.717, 1.165) is 5.56 Å². The van der Waals surface area contributed by atoms with Crippen LogP contribution in [0.3, 0.4) is 0 Å². The molecule has 0 radical (unpaired) electrons. The molecule has 0 aliphatic rings. The molecule has 2 aromatic heterocycles. The Labute approximate surface area is 178 Å². The fraction of sp³-hybridized carbons (Fsp3) is 0.174. The summed E-state index contributed by atoms with van der Waals surface area (Å²) in [7, 11) is -3.95. The van der Waals surface area contributed by atoms with Gasteiger partial charge in [-0.05, 0) is 56.3 Å². The molecule has 6 nitrogen and oxygen atoms in total. The number of nitrogens with one attached hydrogen (secondary N) is 1. The van der Waals surface area contributed by atoms with Crippen molar-refractivity contribution in [3.05, 3.63) is 89.1 Å². The third kappa shape index (κ3) is 3.63. The molecular formula is C23H21FN2O4S. The molecule has 0 aliphatic heterocycles. The summed E-state index contributed by atoms with van der Waals surface area (Å²) >= 11 is 0. The van der Waals surface area contributed by atoms with Crippen LogP contribution in [0.4, 0.5) is 4.39 Å². The van der Waals surface area contributed by atoms with Crippen molar-refractivity contribution in [2.45, 2.75) is 30.5 Å². The molecule has 1 atom stereocenters. The number of hydrogen-bond acceptors (Lipinski definition) is 3. The lowest BCUT2D eigenvalue weighted by Gasteiger charge is -2.19. The topological polar surface area (TPSA) is 92.2 Å². The molecule has 2 aromatic carbocycles. The molecule has 0 spiro atoms. The highest BCUT2D eigenvalue weighted by atomic mass is 32.2. The average Bonchev–Trinajstić information content (AvgIpc) is 3.31. The van der Waals surface area contributed by atoms with Crippen LogP contribution in [0.25, 0.3) is 10.9 Å². The number of benzene rings is 2. The average molecular weight is 440 g/mol. The fourth-order valence-corrected chi connectivity index (χ4v) is 5.88. The van der Waals surface area contributed by atoms with Gasteiger partial charge in [-0.1, -0.05) is 17.7 Å². The van der Waals surface area contributed by atoms with Gasteiger partial charge in [0.25, 0.3) is 0 Å². The van der Waals surface area contributed by atoms with Gasteiger partial charge in [0.1, 0.15) is 17.6 Å². The van der Waals surface area contributed by atoms with Crippen LogP contribution < -0.4 is 0 Å². The third-order valence-corrected chi connectivity index (χ3v) is 7.49. The van der Waals surface area contributed by atoms with Crippen LogP contribution in [-0.2, 0) is 21.2 Å². The second-order valence-electron chi connectivity index (χ2n) is 7.50. The zero-order valence-corrected chi connectivity index (χ0v) is 17.8. The van der Waals surface area contributed by atoms with E-state index in [9.17, 15) is 22.7 Å². The first-order valence-electron chi connectivity index (χ1n) is 9.64. The summed E-state index contributed by atoms with van der Waals surface area (Å²) in [6.07, 6.45) is 1.62. The van der Waals surface area contributed by atoms with Crippen LogP contribution in [0.5, 0.6) is 0 Å². The number of aliphatic carboxylic acids is 1. The van der Waals surface area contributed by atoms with Crippen molar-refractivity contribution in [1.29, 1.82) is 0 Å². The molecule has 4 aromatic rings. The maximum Gasteiger partial charge on any atom is 0.323 e. The summed E-state index contributed by atoms with van der Waals surface area (Å²) in [5.41, 5.74) is 2.62.